The van der Waals surface area contributed by atoms with Gasteiger partial charge in [0.05, 0.1) is 22.8 Å². The van der Waals surface area contributed by atoms with Gasteiger partial charge in [0, 0.05) is 22.3 Å². The summed E-state index contributed by atoms with van der Waals surface area (Å²) in [6.07, 6.45) is 3.32. The van der Waals surface area contributed by atoms with Crippen LogP contribution in [0.15, 0.2) is 45.5 Å². The minimum absolute atomic E-state index is 0.103. The van der Waals surface area contributed by atoms with Crippen molar-refractivity contribution < 1.29 is 9.21 Å². The normalized spacial score (nSPS) is 11.4. The van der Waals surface area contributed by atoms with Gasteiger partial charge in [0.1, 0.15) is 17.3 Å². The third-order valence-corrected chi connectivity index (χ3v) is 5.06. The number of rotatable bonds is 4. The summed E-state index contributed by atoms with van der Waals surface area (Å²) in [6, 6.07) is 7.37. The third-order valence-electron chi connectivity index (χ3n) is 4.59. The van der Waals surface area contributed by atoms with E-state index in [1.54, 1.807) is 24.5 Å². The molecule has 1 amide bonds. The molecule has 0 radical (unpaired) electrons. The first-order valence-corrected chi connectivity index (χ1v) is 10.0. The van der Waals surface area contributed by atoms with E-state index < -0.39 is 0 Å². The van der Waals surface area contributed by atoms with Crippen molar-refractivity contribution in [2.24, 2.45) is 0 Å². The van der Waals surface area contributed by atoms with Crippen LogP contribution in [0.4, 0.5) is 5.82 Å². The van der Waals surface area contributed by atoms with E-state index in [0.717, 1.165) is 21.6 Å². The fourth-order valence-electron chi connectivity index (χ4n) is 3.24. The van der Waals surface area contributed by atoms with Crippen molar-refractivity contribution in [2.45, 2.75) is 33.7 Å². The molecule has 0 saturated heterocycles. The van der Waals surface area contributed by atoms with Gasteiger partial charge in [-0.15, -0.1) is 0 Å². The zero-order chi connectivity index (χ0) is 20.7. The molecule has 4 aromatic rings. The lowest BCUT2D eigenvalue weighted by atomic mass is 10.1. The summed E-state index contributed by atoms with van der Waals surface area (Å²) in [5.41, 5.74) is 2.67. The molecular formula is C21H20BrN5O2. The fourth-order valence-corrected chi connectivity index (χ4v) is 3.47. The lowest BCUT2D eigenvalue weighted by Gasteiger charge is -2.10. The molecule has 0 aliphatic heterocycles. The second-order valence-electron chi connectivity index (χ2n) is 7.12. The highest BCUT2D eigenvalue weighted by Crippen LogP contribution is 2.30. The van der Waals surface area contributed by atoms with Crippen LogP contribution in [0.2, 0.25) is 0 Å². The first-order chi connectivity index (χ1) is 13.8. The molecule has 0 atom stereocenters. The summed E-state index contributed by atoms with van der Waals surface area (Å²) in [4.78, 5) is 22.1. The molecule has 148 valence electrons. The predicted octanol–water partition coefficient (Wildman–Crippen LogP) is 5.30. The fraction of sp³-hybridized carbons (Fsp3) is 0.238. The molecule has 0 aliphatic rings. The number of pyridine rings is 2. The molecule has 0 aromatic carbocycles. The average molecular weight is 454 g/mol. The van der Waals surface area contributed by atoms with Crippen LogP contribution in [-0.2, 0) is 0 Å². The number of aromatic nitrogens is 4. The quantitative estimate of drug-likeness (QED) is 0.452. The number of aryl methyl sites for hydroxylation is 2. The number of hydrogen-bond acceptors (Lipinski definition) is 5. The molecule has 7 nitrogen and oxygen atoms in total. The van der Waals surface area contributed by atoms with Gasteiger partial charge >= 0.3 is 0 Å². The van der Waals surface area contributed by atoms with Crippen molar-refractivity contribution in [1.29, 1.82) is 0 Å². The minimum atomic E-state index is -0.269. The van der Waals surface area contributed by atoms with Crippen molar-refractivity contribution in [3.63, 3.8) is 0 Å². The number of carbonyl (C=O) groups excluding carboxylic acids is 1. The number of carbonyl (C=O) groups is 1. The SMILES string of the molecule is Cc1cc(-c2cc(C(=O)Nc3ccc(Br)cn3)c3cnn(C(C)C)c3n2)c(C)o1. The Bertz CT molecular complexity index is 1210. The van der Waals surface area contributed by atoms with Gasteiger partial charge in [0.25, 0.3) is 5.91 Å². The van der Waals surface area contributed by atoms with Crippen LogP contribution in [0.25, 0.3) is 22.3 Å². The molecule has 0 spiro atoms. The van der Waals surface area contributed by atoms with E-state index in [1.165, 1.54) is 0 Å². The Labute approximate surface area is 176 Å². The number of anilines is 1. The summed E-state index contributed by atoms with van der Waals surface area (Å²) in [7, 11) is 0. The number of hydrogen-bond donors (Lipinski definition) is 1. The smallest absolute Gasteiger partial charge is 0.257 e. The second-order valence-corrected chi connectivity index (χ2v) is 8.03. The van der Waals surface area contributed by atoms with E-state index in [9.17, 15) is 4.79 Å². The van der Waals surface area contributed by atoms with E-state index in [0.29, 0.717) is 28.1 Å². The summed E-state index contributed by atoms with van der Waals surface area (Å²) < 4.78 is 8.33. The molecule has 1 N–H and O–H groups in total. The molecule has 4 heterocycles. The number of amides is 1. The van der Waals surface area contributed by atoms with Crippen LogP contribution < -0.4 is 5.32 Å². The summed E-state index contributed by atoms with van der Waals surface area (Å²) in [5, 5.41) is 7.99. The van der Waals surface area contributed by atoms with Gasteiger partial charge in [-0.2, -0.15) is 5.10 Å². The van der Waals surface area contributed by atoms with Crippen molar-refractivity contribution in [3.8, 4) is 11.3 Å². The van der Waals surface area contributed by atoms with E-state index in [2.05, 4.69) is 31.3 Å². The monoisotopic (exact) mass is 453 g/mol. The van der Waals surface area contributed by atoms with Crippen molar-refractivity contribution in [2.75, 3.05) is 5.32 Å². The molecule has 4 rings (SSSR count). The summed E-state index contributed by atoms with van der Waals surface area (Å²) in [5.74, 6) is 1.75. The molecule has 0 bridgehead atoms. The first kappa shape index (κ1) is 19.3. The van der Waals surface area contributed by atoms with Gasteiger partial charge in [0.15, 0.2) is 5.65 Å². The van der Waals surface area contributed by atoms with Crippen LogP contribution in [-0.4, -0.2) is 25.7 Å². The van der Waals surface area contributed by atoms with Gasteiger partial charge in [-0.05, 0) is 67.9 Å². The summed E-state index contributed by atoms with van der Waals surface area (Å²) >= 11 is 3.35. The maximum atomic E-state index is 13.1. The predicted molar refractivity (Wildman–Crippen MR) is 115 cm³/mol. The third kappa shape index (κ3) is 3.67. The van der Waals surface area contributed by atoms with E-state index >= 15 is 0 Å². The average Bonchev–Trinajstić information content (AvgIpc) is 3.25. The van der Waals surface area contributed by atoms with Crippen LogP contribution in [0.5, 0.6) is 0 Å². The topological polar surface area (TPSA) is 85.8 Å². The largest absolute Gasteiger partial charge is 0.466 e. The standard InChI is InChI=1S/C21H20BrN5O2/c1-11(2)27-20-17(10-24-27)16(21(28)26-19-6-5-14(22)9-23-19)8-18(25-20)15-7-12(3)29-13(15)4/h5-11H,1-4H3,(H,23,26,28). The van der Waals surface area contributed by atoms with Crippen LogP contribution in [0.1, 0.15) is 41.8 Å². The van der Waals surface area contributed by atoms with Gasteiger partial charge < -0.3 is 9.73 Å². The van der Waals surface area contributed by atoms with Gasteiger partial charge in [-0.1, -0.05) is 0 Å². The maximum absolute atomic E-state index is 13.1. The number of halogens is 1. The molecule has 8 heteroatoms. The Balaban J connectivity index is 1.86. The highest BCUT2D eigenvalue weighted by Gasteiger charge is 2.20. The summed E-state index contributed by atoms with van der Waals surface area (Å²) in [6.45, 7) is 7.83. The number of fused-ring (bicyclic) bond motifs is 1. The minimum Gasteiger partial charge on any atom is -0.466 e. The Hall–Kier alpha value is -3.00. The van der Waals surface area contributed by atoms with Gasteiger partial charge in [-0.25, -0.2) is 14.6 Å². The number of nitrogens with one attached hydrogen (secondary N) is 1. The van der Waals surface area contributed by atoms with Crippen molar-refractivity contribution in [3.05, 3.63) is 58.2 Å². The molecule has 0 saturated carbocycles. The highest BCUT2D eigenvalue weighted by molar-refractivity contribution is 9.10. The molecular weight excluding hydrogens is 434 g/mol. The Morgan fingerprint density at radius 3 is 2.62 bits per heavy atom. The molecule has 0 aliphatic carbocycles. The lowest BCUT2D eigenvalue weighted by molar-refractivity contribution is 0.102. The highest BCUT2D eigenvalue weighted by atomic mass is 79.9. The van der Waals surface area contributed by atoms with Crippen LogP contribution in [0, 0.1) is 13.8 Å². The molecule has 0 unspecified atom stereocenters. The van der Waals surface area contributed by atoms with Crippen molar-refractivity contribution in [1.82, 2.24) is 19.7 Å². The molecule has 4 aromatic heterocycles. The van der Waals surface area contributed by atoms with Crippen molar-refractivity contribution >= 4 is 38.7 Å². The zero-order valence-corrected chi connectivity index (χ0v) is 18.1. The lowest BCUT2D eigenvalue weighted by Crippen LogP contribution is -2.14. The maximum Gasteiger partial charge on any atom is 0.257 e. The van der Waals surface area contributed by atoms with Gasteiger partial charge in [0.2, 0.25) is 0 Å². The van der Waals surface area contributed by atoms with E-state index in [-0.39, 0.29) is 11.9 Å². The van der Waals surface area contributed by atoms with Crippen LogP contribution >= 0.6 is 15.9 Å². The van der Waals surface area contributed by atoms with E-state index in [4.69, 9.17) is 9.40 Å². The van der Waals surface area contributed by atoms with Crippen LogP contribution in [0.3, 0.4) is 0 Å². The molecule has 0 fully saturated rings. The zero-order valence-electron chi connectivity index (χ0n) is 16.5. The molecule has 29 heavy (non-hydrogen) atoms. The first-order valence-electron chi connectivity index (χ1n) is 9.22. The number of nitrogens with zero attached hydrogens (tertiary/aromatic N) is 4. The second kappa shape index (κ2) is 7.44. The number of furan rings is 1. The Kier molecular flexibility index (Phi) is 4.96. The Morgan fingerprint density at radius 1 is 1.21 bits per heavy atom. The Morgan fingerprint density at radius 2 is 2.00 bits per heavy atom. The van der Waals surface area contributed by atoms with Gasteiger partial charge in [-0.3, -0.25) is 4.79 Å². The van der Waals surface area contributed by atoms with E-state index in [1.807, 2.05) is 44.5 Å².